The number of carboxylic acid groups (broad SMARTS) is 2. The van der Waals surface area contributed by atoms with Crippen molar-refractivity contribution in [2.45, 2.75) is 117 Å². The zero-order valence-electron chi connectivity index (χ0n) is 53.6. The molecule has 4 aromatic heterocycles. The van der Waals surface area contributed by atoms with Crippen LogP contribution in [0.1, 0.15) is 80.7 Å². The van der Waals surface area contributed by atoms with Gasteiger partial charge < -0.3 is 79.8 Å². The summed E-state index contributed by atoms with van der Waals surface area (Å²) in [4.78, 5) is 91.4. The number of rotatable bonds is 32. The average Bonchev–Trinajstić information content (AvgIpc) is 1.59. The molecule has 6 heterocycles. The van der Waals surface area contributed by atoms with Crippen LogP contribution in [-0.4, -0.2) is 190 Å². The number of imidazole rings is 2. The number of hydrogen-bond acceptors (Lipinski definition) is 30. The van der Waals surface area contributed by atoms with E-state index >= 15 is 0 Å². The van der Waals surface area contributed by atoms with E-state index in [1.807, 2.05) is 10.2 Å². The molecule has 8 rings (SSSR count). The van der Waals surface area contributed by atoms with Crippen molar-refractivity contribution in [1.29, 1.82) is 0 Å². The van der Waals surface area contributed by atoms with Gasteiger partial charge in [0.2, 0.25) is 10.6 Å². The minimum atomic E-state index is -5.76. The number of aliphatic carboxylic acids is 2. The third-order valence-electron chi connectivity index (χ3n) is 13.6. The van der Waals surface area contributed by atoms with Gasteiger partial charge in [0.05, 0.1) is 38.1 Å². The number of anilines is 2. The average molecular weight is 1550 g/mol. The SMILES string of the molecule is CC(NP(=O)(Oc1ccccc1)OP(=O)(O)OP(=O)(O)OC[C@H]1O[C@@H](n2cnc3c(N)nc(Cl)nc32)C[C@@H]1O)C(=O)O.CC(NP(=O)(Oc1ccccc1)OP(=O)(O)OP(=O)(O)OC[C@H]1O[C@@H](n2cnc3c(N)nc(Cl)nc32)C[C@@H]1O)C(=O)O.CCN(CC)CC.CCN(CC)CC. The highest BCUT2D eigenvalue weighted by atomic mass is 35.5. The van der Waals surface area contributed by atoms with Gasteiger partial charge in [-0.05, 0) is 101 Å². The number of nitrogen functional groups attached to an aromatic ring is 2. The van der Waals surface area contributed by atoms with Gasteiger partial charge in [0.1, 0.15) is 59.3 Å². The van der Waals surface area contributed by atoms with Crippen LogP contribution in [-0.2, 0) is 72.7 Å². The maximum atomic E-state index is 13.2. The van der Waals surface area contributed by atoms with E-state index in [1.54, 1.807) is 12.1 Å². The Morgan fingerprint density at radius 2 is 0.878 bits per heavy atom. The number of nitrogens with one attached hydrogen (secondary N) is 2. The van der Waals surface area contributed by atoms with Crippen molar-refractivity contribution in [2.75, 3.05) is 63.9 Å². The van der Waals surface area contributed by atoms with Gasteiger partial charge in [-0.25, -0.2) is 37.4 Å². The van der Waals surface area contributed by atoms with Crippen molar-refractivity contribution >= 4 is 116 Å². The number of aliphatic hydroxyl groups is 2. The Hall–Kier alpha value is -5.08. The third kappa shape index (κ3) is 25.8. The molecule has 0 spiro atoms. The highest BCUT2D eigenvalue weighted by Gasteiger charge is 2.48. The van der Waals surface area contributed by atoms with Crippen LogP contribution in [0, 0.1) is 0 Å². The number of hydrogen-bond donors (Lipinski definition) is 12. The molecule has 2 saturated heterocycles. The number of phosphoric ester groups is 2. The second-order valence-electron chi connectivity index (χ2n) is 20.5. The van der Waals surface area contributed by atoms with Crippen LogP contribution in [0.4, 0.5) is 11.6 Å². The molecule has 0 amide bonds. The standard InChI is InChI=1S/2C19H24ClN6O13P3.2C6H15N/c2*1-10(18(28)29)25-40(30,37-11-5-3-2-4-6-11)38-42(33,34)39-41(31,32)35-8-13-12(27)7-14(36-13)26-9-22-15-16(21)23-19(20)24-17(15)26;2*1-4-7(5-2)6-3/h2*2-6,9-10,12-14,27H,7-8H2,1H3,(H,25,30)(H,28,29)(H,31,32)(H,33,34)(H2,21,23,24);2*4-6H2,1-3H3/t2*10?,12-,13+,14+,40?;;/m00../s1. The second kappa shape index (κ2) is 37.2. The Bertz CT molecular complexity index is 3640. The van der Waals surface area contributed by atoms with Crippen molar-refractivity contribution in [3.63, 3.8) is 0 Å². The van der Waals surface area contributed by atoms with Gasteiger partial charge >= 0.3 is 58.7 Å². The molecule has 0 bridgehead atoms. The van der Waals surface area contributed by atoms with Crippen LogP contribution >= 0.6 is 70.0 Å². The van der Waals surface area contributed by atoms with Crippen molar-refractivity contribution in [1.82, 2.24) is 59.0 Å². The fourth-order valence-electron chi connectivity index (χ4n) is 8.56. The van der Waals surface area contributed by atoms with Crippen molar-refractivity contribution in [2.24, 2.45) is 0 Å². The number of aliphatic hydroxyl groups excluding tert-OH is 2. The van der Waals surface area contributed by atoms with Gasteiger partial charge in [0.15, 0.2) is 22.9 Å². The lowest BCUT2D eigenvalue weighted by atomic mass is 10.2. The lowest BCUT2D eigenvalue weighted by molar-refractivity contribution is -0.139. The summed E-state index contributed by atoms with van der Waals surface area (Å²) < 4.78 is 128. The van der Waals surface area contributed by atoms with Gasteiger partial charge in [0, 0.05) is 12.8 Å². The summed E-state index contributed by atoms with van der Waals surface area (Å²) in [5.74, 6) is -3.39. The number of fused-ring (bicyclic) bond motifs is 2. The summed E-state index contributed by atoms with van der Waals surface area (Å²) in [6.07, 6.45) is -4.36. The van der Waals surface area contributed by atoms with E-state index in [1.165, 1.54) is 110 Å². The van der Waals surface area contributed by atoms with Crippen LogP contribution in [0.25, 0.3) is 22.3 Å². The lowest BCUT2D eigenvalue weighted by Gasteiger charge is -2.24. The summed E-state index contributed by atoms with van der Waals surface area (Å²) in [5, 5.41) is 42.6. The number of ether oxygens (including phenoxy) is 2. The summed E-state index contributed by atoms with van der Waals surface area (Å²) in [6, 6.07) is 10.8. The summed E-state index contributed by atoms with van der Waals surface area (Å²) >= 11 is 11.7. The van der Waals surface area contributed by atoms with Gasteiger partial charge in [-0.1, -0.05) is 77.9 Å². The zero-order chi connectivity index (χ0) is 73.1. The predicted molar refractivity (Wildman–Crippen MR) is 351 cm³/mol. The van der Waals surface area contributed by atoms with Crippen LogP contribution < -0.4 is 30.7 Å². The number of benzene rings is 2. The number of para-hydroxylation sites is 2. The van der Waals surface area contributed by atoms with Crippen LogP contribution in [0.15, 0.2) is 73.3 Å². The first-order valence-electron chi connectivity index (χ1n) is 29.4. The Morgan fingerprint density at radius 3 is 1.16 bits per heavy atom. The monoisotopic (exact) mass is 1550 g/mol. The maximum Gasteiger partial charge on any atom is 0.490 e. The molecule has 40 nitrogen and oxygen atoms in total. The number of aromatic nitrogens is 8. The molecule has 2 aromatic carbocycles. The normalized spacial score (nSPS) is 22.0. The van der Waals surface area contributed by atoms with Crippen molar-refractivity contribution in [3.05, 3.63) is 83.9 Å². The first kappa shape index (κ1) is 83.6. The Labute approximate surface area is 570 Å². The molecule has 2 fully saturated rings. The maximum absolute atomic E-state index is 13.2. The van der Waals surface area contributed by atoms with E-state index in [9.17, 15) is 66.8 Å². The molecule has 14 N–H and O–H groups in total. The molecule has 98 heavy (non-hydrogen) atoms. The molecule has 0 aliphatic carbocycles. The molecule has 48 heteroatoms. The van der Waals surface area contributed by atoms with Crippen LogP contribution in [0.5, 0.6) is 11.5 Å². The van der Waals surface area contributed by atoms with E-state index < -0.39 is 121 Å². The van der Waals surface area contributed by atoms with Crippen molar-refractivity contribution < 1.29 is 122 Å². The predicted octanol–water partition coefficient (Wildman–Crippen LogP) is 7.12. The van der Waals surface area contributed by atoms with E-state index in [4.69, 9.17) is 72.5 Å². The quantitative estimate of drug-likeness (QED) is 0.0148. The zero-order valence-corrected chi connectivity index (χ0v) is 60.5. The number of phosphoric acid groups is 4. The van der Waals surface area contributed by atoms with E-state index in [0.717, 1.165) is 13.8 Å². The summed E-state index contributed by atoms with van der Waals surface area (Å²) in [5.41, 5.74) is 12.4. The van der Waals surface area contributed by atoms with E-state index in [-0.39, 0.29) is 68.9 Å². The number of halogens is 2. The molecule has 2 aliphatic heterocycles. The minimum Gasteiger partial charge on any atom is -0.480 e. The smallest absolute Gasteiger partial charge is 0.480 e. The summed E-state index contributed by atoms with van der Waals surface area (Å²) in [6.45, 7) is 20.6. The highest BCUT2D eigenvalue weighted by Crippen LogP contribution is 2.69. The molecule has 8 unspecified atom stereocenters. The third-order valence-corrected chi connectivity index (χ3v) is 23.8. The largest absolute Gasteiger partial charge is 0.490 e. The first-order valence-corrected chi connectivity index (χ1v) is 39.2. The van der Waals surface area contributed by atoms with Crippen molar-refractivity contribution in [3.8, 4) is 11.5 Å². The van der Waals surface area contributed by atoms with Gasteiger partial charge in [-0.3, -0.25) is 27.8 Å². The van der Waals surface area contributed by atoms with Gasteiger partial charge in [-0.15, -0.1) is 0 Å². The fourth-order valence-corrected chi connectivity index (χ4v) is 17.7. The molecule has 0 saturated carbocycles. The van der Waals surface area contributed by atoms with Crippen LogP contribution in [0.3, 0.4) is 0 Å². The fraction of sp³-hybridized carbons (Fsp3) is 0.520. The second-order valence-corrected chi connectivity index (χ2v) is 30.9. The van der Waals surface area contributed by atoms with Crippen LogP contribution in [0.2, 0.25) is 10.6 Å². The Morgan fingerprint density at radius 1 is 0.561 bits per heavy atom. The summed E-state index contributed by atoms with van der Waals surface area (Å²) in [7, 11) is -32.5. The van der Waals surface area contributed by atoms with Gasteiger partial charge in [0.25, 0.3) is 0 Å². The Kier molecular flexibility index (Phi) is 31.7. The first-order chi connectivity index (χ1) is 45.8. The highest BCUT2D eigenvalue weighted by molar-refractivity contribution is 7.68. The Balaban J connectivity index is 0.000000296. The van der Waals surface area contributed by atoms with Gasteiger partial charge in [-0.2, -0.15) is 47.4 Å². The molecular formula is C50H78Cl2N14O26P6. The molecule has 2 aliphatic rings. The minimum absolute atomic E-state index is 0.00234. The number of carbonyl (C=O) groups is 2. The van der Waals surface area contributed by atoms with E-state index in [2.05, 4.69) is 98.5 Å². The lowest BCUT2D eigenvalue weighted by Crippen LogP contribution is -2.33. The molecular weight excluding hydrogens is 1470 g/mol. The number of nitrogens with zero attached hydrogens (tertiary/aromatic N) is 10. The molecule has 14 atom stereocenters. The number of carboxylic acids is 2. The molecule has 548 valence electrons. The topological polar surface area (TPSA) is 560 Å². The molecule has 0 radical (unpaired) electrons. The molecule has 6 aromatic rings. The van der Waals surface area contributed by atoms with E-state index in [0.29, 0.717) is 0 Å². The number of nitrogens with two attached hydrogens (primary N) is 2.